The molecular formula is C13H18N2O3. The lowest BCUT2D eigenvalue weighted by molar-refractivity contribution is -0.116. The Morgan fingerprint density at radius 2 is 2.11 bits per heavy atom. The standard InChI is InChI=1S/C13H18N2O3/c1-3-14-9(2)7-12(16)15-11-6-4-5-10(8-11)13(17)18/h4-6,8-9,14H,3,7H2,1-2H3,(H,15,16)(H,17,18). The summed E-state index contributed by atoms with van der Waals surface area (Å²) in [7, 11) is 0. The second kappa shape index (κ2) is 6.76. The van der Waals surface area contributed by atoms with E-state index in [2.05, 4.69) is 10.6 Å². The van der Waals surface area contributed by atoms with Gasteiger partial charge in [-0.1, -0.05) is 13.0 Å². The minimum atomic E-state index is -1.01. The van der Waals surface area contributed by atoms with Crippen molar-refractivity contribution < 1.29 is 14.7 Å². The second-order valence-electron chi connectivity index (χ2n) is 4.10. The van der Waals surface area contributed by atoms with E-state index >= 15 is 0 Å². The van der Waals surface area contributed by atoms with Gasteiger partial charge in [0.05, 0.1) is 5.56 Å². The Bertz CT molecular complexity index is 432. The van der Waals surface area contributed by atoms with E-state index in [0.29, 0.717) is 12.1 Å². The number of aromatic carboxylic acids is 1. The number of carboxylic acids is 1. The fraction of sp³-hybridized carbons (Fsp3) is 0.385. The third kappa shape index (κ3) is 4.55. The van der Waals surface area contributed by atoms with Crippen molar-refractivity contribution >= 4 is 17.6 Å². The molecule has 1 atom stereocenters. The predicted molar refractivity (Wildman–Crippen MR) is 69.8 cm³/mol. The molecule has 1 amide bonds. The molecule has 0 aromatic heterocycles. The van der Waals surface area contributed by atoms with Crippen LogP contribution in [-0.2, 0) is 4.79 Å². The summed E-state index contributed by atoms with van der Waals surface area (Å²) in [4.78, 5) is 22.5. The Labute approximate surface area is 106 Å². The van der Waals surface area contributed by atoms with Gasteiger partial charge in [-0.15, -0.1) is 0 Å². The molecule has 0 aliphatic carbocycles. The smallest absolute Gasteiger partial charge is 0.335 e. The molecule has 0 saturated carbocycles. The summed E-state index contributed by atoms with van der Waals surface area (Å²) in [6.45, 7) is 4.71. The van der Waals surface area contributed by atoms with Gasteiger partial charge >= 0.3 is 5.97 Å². The van der Waals surface area contributed by atoms with Gasteiger partial charge in [0.2, 0.25) is 5.91 Å². The molecule has 1 rings (SSSR count). The van der Waals surface area contributed by atoms with E-state index in [-0.39, 0.29) is 17.5 Å². The number of nitrogens with one attached hydrogen (secondary N) is 2. The van der Waals surface area contributed by atoms with Crippen molar-refractivity contribution in [1.82, 2.24) is 5.32 Å². The zero-order valence-electron chi connectivity index (χ0n) is 10.6. The summed E-state index contributed by atoms with van der Waals surface area (Å²) in [5.74, 6) is -1.14. The van der Waals surface area contributed by atoms with E-state index in [0.717, 1.165) is 6.54 Å². The Hall–Kier alpha value is -1.88. The third-order valence-corrected chi connectivity index (χ3v) is 2.44. The average Bonchev–Trinajstić information content (AvgIpc) is 2.29. The number of rotatable bonds is 6. The van der Waals surface area contributed by atoms with Crippen molar-refractivity contribution in [2.75, 3.05) is 11.9 Å². The van der Waals surface area contributed by atoms with Crippen LogP contribution in [0.1, 0.15) is 30.6 Å². The molecule has 5 nitrogen and oxygen atoms in total. The molecule has 0 radical (unpaired) electrons. The molecule has 0 heterocycles. The molecule has 1 aromatic rings. The third-order valence-electron chi connectivity index (χ3n) is 2.44. The topological polar surface area (TPSA) is 78.4 Å². The minimum Gasteiger partial charge on any atom is -0.478 e. The molecule has 1 aromatic carbocycles. The molecule has 98 valence electrons. The van der Waals surface area contributed by atoms with E-state index < -0.39 is 5.97 Å². The number of carbonyl (C=O) groups excluding carboxylic acids is 1. The summed E-state index contributed by atoms with van der Waals surface area (Å²) >= 11 is 0. The van der Waals surface area contributed by atoms with Gasteiger partial charge in [-0.2, -0.15) is 0 Å². The van der Waals surface area contributed by atoms with Gasteiger partial charge in [-0.05, 0) is 31.7 Å². The highest BCUT2D eigenvalue weighted by Gasteiger charge is 2.09. The molecule has 0 aliphatic rings. The van der Waals surface area contributed by atoms with Gasteiger partial charge < -0.3 is 15.7 Å². The SMILES string of the molecule is CCNC(C)CC(=O)Nc1cccc(C(=O)O)c1. The van der Waals surface area contributed by atoms with E-state index in [1.54, 1.807) is 12.1 Å². The number of hydrogen-bond donors (Lipinski definition) is 3. The molecule has 0 saturated heterocycles. The van der Waals surface area contributed by atoms with Crippen LogP contribution in [0.3, 0.4) is 0 Å². The molecule has 1 unspecified atom stereocenters. The maximum atomic E-state index is 11.7. The highest BCUT2D eigenvalue weighted by atomic mass is 16.4. The average molecular weight is 250 g/mol. The quantitative estimate of drug-likeness (QED) is 0.718. The van der Waals surface area contributed by atoms with Crippen LogP contribution >= 0.6 is 0 Å². The number of carbonyl (C=O) groups is 2. The lowest BCUT2D eigenvalue weighted by Gasteiger charge is -2.12. The Balaban J connectivity index is 2.59. The zero-order valence-corrected chi connectivity index (χ0v) is 10.6. The maximum absolute atomic E-state index is 11.7. The lowest BCUT2D eigenvalue weighted by Crippen LogP contribution is -2.30. The molecular weight excluding hydrogens is 232 g/mol. The number of anilines is 1. The van der Waals surface area contributed by atoms with Gasteiger partial charge in [-0.3, -0.25) is 4.79 Å². The maximum Gasteiger partial charge on any atom is 0.335 e. The number of benzene rings is 1. The van der Waals surface area contributed by atoms with Crippen LogP contribution in [0, 0.1) is 0 Å². The minimum absolute atomic E-state index is 0.0951. The second-order valence-corrected chi connectivity index (χ2v) is 4.10. The summed E-state index contributed by atoms with van der Waals surface area (Å²) in [6.07, 6.45) is 0.352. The van der Waals surface area contributed by atoms with Gasteiger partial charge in [-0.25, -0.2) is 4.79 Å². The zero-order chi connectivity index (χ0) is 13.5. The van der Waals surface area contributed by atoms with E-state index in [4.69, 9.17) is 5.11 Å². The van der Waals surface area contributed by atoms with Gasteiger partial charge in [0, 0.05) is 18.2 Å². The van der Waals surface area contributed by atoms with Crippen molar-refractivity contribution in [2.24, 2.45) is 0 Å². The van der Waals surface area contributed by atoms with Crippen molar-refractivity contribution in [3.8, 4) is 0 Å². The monoisotopic (exact) mass is 250 g/mol. The van der Waals surface area contributed by atoms with E-state index in [1.165, 1.54) is 12.1 Å². The molecule has 0 spiro atoms. The predicted octanol–water partition coefficient (Wildman–Crippen LogP) is 1.71. The summed E-state index contributed by atoms with van der Waals surface area (Å²) in [5, 5.41) is 14.7. The van der Waals surface area contributed by atoms with Crippen LogP contribution in [-0.4, -0.2) is 29.6 Å². The first-order valence-electron chi connectivity index (χ1n) is 5.89. The Morgan fingerprint density at radius 1 is 1.39 bits per heavy atom. The summed E-state index contributed by atoms with van der Waals surface area (Å²) < 4.78 is 0. The number of carboxylic acid groups (broad SMARTS) is 1. The van der Waals surface area contributed by atoms with Crippen molar-refractivity contribution in [2.45, 2.75) is 26.3 Å². The summed E-state index contributed by atoms with van der Waals surface area (Å²) in [5.41, 5.74) is 0.663. The fourth-order valence-corrected chi connectivity index (χ4v) is 1.64. The highest BCUT2D eigenvalue weighted by Crippen LogP contribution is 2.11. The first kappa shape index (κ1) is 14.2. The van der Waals surface area contributed by atoms with Crippen LogP contribution in [0.5, 0.6) is 0 Å². The van der Waals surface area contributed by atoms with Gasteiger partial charge in [0.15, 0.2) is 0 Å². The molecule has 0 aliphatic heterocycles. The van der Waals surface area contributed by atoms with Crippen LogP contribution in [0.15, 0.2) is 24.3 Å². The van der Waals surface area contributed by atoms with Crippen molar-refractivity contribution in [1.29, 1.82) is 0 Å². The van der Waals surface area contributed by atoms with E-state index in [9.17, 15) is 9.59 Å². The molecule has 5 heteroatoms. The van der Waals surface area contributed by atoms with Gasteiger partial charge in [0.1, 0.15) is 0 Å². The molecule has 18 heavy (non-hydrogen) atoms. The van der Waals surface area contributed by atoms with Crippen LogP contribution in [0.2, 0.25) is 0 Å². The normalized spacial score (nSPS) is 11.9. The lowest BCUT2D eigenvalue weighted by atomic mass is 10.2. The Morgan fingerprint density at radius 3 is 2.72 bits per heavy atom. The van der Waals surface area contributed by atoms with Gasteiger partial charge in [0.25, 0.3) is 0 Å². The molecule has 3 N–H and O–H groups in total. The fourth-order valence-electron chi connectivity index (χ4n) is 1.64. The highest BCUT2D eigenvalue weighted by molar-refractivity contribution is 5.94. The largest absolute Gasteiger partial charge is 0.478 e. The number of amides is 1. The Kier molecular flexibility index (Phi) is 5.32. The van der Waals surface area contributed by atoms with E-state index in [1.807, 2.05) is 13.8 Å². The first-order valence-corrected chi connectivity index (χ1v) is 5.89. The molecule has 0 bridgehead atoms. The first-order chi connectivity index (χ1) is 8.52. The molecule has 0 fully saturated rings. The van der Waals surface area contributed by atoms with Crippen LogP contribution < -0.4 is 10.6 Å². The van der Waals surface area contributed by atoms with Crippen LogP contribution in [0.4, 0.5) is 5.69 Å². The summed E-state index contributed by atoms with van der Waals surface area (Å²) in [6, 6.07) is 6.30. The van der Waals surface area contributed by atoms with Crippen molar-refractivity contribution in [3.63, 3.8) is 0 Å². The van der Waals surface area contributed by atoms with Crippen molar-refractivity contribution in [3.05, 3.63) is 29.8 Å². The van der Waals surface area contributed by atoms with Crippen LogP contribution in [0.25, 0.3) is 0 Å². The number of hydrogen-bond acceptors (Lipinski definition) is 3.